The van der Waals surface area contributed by atoms with Crippen LogP contribution in [-0.2, 0) is 19.6 Å². The van der Waals surface area contributed by atoms with Crippen LogP contribution in [0.4, 0.5) is 10.1 Å². The first kappa shape index (κ1) is 23.0. The molecule has 0 aliphatic carbocycles. The van der Waals surface area contributed by atoms with Gasteiger partial charge in [-0.1, -0.05) is 30.3 Å². The third kappa shape index (κ3) is 5.70. The van der Waals surface area contributed by atoms with Gasteiger partial charge in [-0.15, -0.1) is 0 Å². The summed E-state index contributed by atoms with van der Waals surface area (Å²) in [5.41, 5.74) is 0.786. The molecule has 0 heterocycles. The van der Waals surface area contributed by atoms with Gasteiger partial charge < -0.3 is 9.47 Å². The van der Waals surface area contributed by atoms with E-state index in [9.17, 15) is 22.4 Å². The molecule has 0 N–H and O–H groups in total. The molecule has 0 fully saturated rings. The highest BCUT2D eigenvalue weighted by molar-refractivity contribution is 7.92. The van der Waals surface area contributed by atoms with Crippen LogP contribution < -0.4 is 9.04 Å². The number of carbonyl (C=O) groups is 2. The van der Waals surface area contributed by atoms with Crippen LogP contribution >= 0.6 is 0 Å². The van der Waals surface area contributed by atoms with Crippen LogP contribution in [-0.4, -0.2) is 40.4 Å². The van der Waals surface area contributed by atoms with Gasteiger partial charge in [0.2, 0.25) is 0 Å². The molecule has 0 saturated heterocycles. The molecule has 3 aromatic rings. The van der Waals surface area contributed by atoms with Crippen LogP contribution in [0.3, 0.4) is 0 Å². The summed E-state index contributed by atoms with van der Waals surface area (Å²) in [6, 6.07) is 19.0. The molecule has 0 spiro atoms. The number of sulfonamides is 1. The van der Waals surface area contributed by atoms with Gasteiger partial charge in [-0.2, -0.15) is 0 Å². The Morgan fingerprint density at radius 2 is 1.50 bits per heavy atom. The van der Waals surface area contributed by atoms with Crippen molar-refractivity contribution in [2.24, 2.45) is 0 Å². The number of esters is 1. The normalized spacial score (nSPS) is 10.9. The minimum absolute atomic E-state index is 0.0467. The number of Topliss-reactive ketones (excluding diaryl/α,β-unsaturated/α-hetero) is 1. The molecular formula is C23H20FNO6S. The highest BCUT2D eigenvalue weighted by atomic mass is 32.2. The zero-order valence-corrected chi connectivity index (χ0v) is 17.9. The smallest absolute Gasteiger partial charge is 0.344 e. The average molecular weight is 457 g/mol. The average Bonchev–Trinajstić information content (AvgIpc) is 2.82. The monoisotopic (exact) mass is 457 g/mol. The van der Waals surface area contributed by atoms with Crippen LogP contribution in [0.15, 0.2) is 83.8 Å². The summed E-state index contributed by atoms with van der Waals surface area (Å²) >= 11 is 0. The fraction of sp³-hybridized carbons (Fsp3) is 0.130. The molecule has 0 amide bonds. The van der Waals surface area contributed by atoms with Crippen LogP contribution in [0.25, 0.3) is 0 Å². The fourth-order valence-electron chi connectivity index (χ4n) is 2.69. The maximum absolute atomic E-state index is 13.1. The van der Waals surface area contributed by atoms with E-state index < -0.39 is 35.0 Å². The van der Waals surface area contributed by atoms with Crippen molar-refractivity contribution in [3.8, 4) is 5.75 Å². The molecule has 32 heavy (non-hydrogen) atoms. The van der Waals surface area contributed by atoms with Gasteiger partial charge >= 0.3 is 5.97 Å². The van der Waals surface area contributed by atoms with E-state index in [4.69, 9.17) is 9.47 Å². The van der Waals surface area contributed by atoms with E-state index in [1.165, 1.54) is 43.4 Å². The zero-order valence-electron chi connectivity index (χ0n) is 17.1. The summed E-state index contributed by atoms with van der Waals surface area (Å²) in [4.78, 5) is 23.7. The lowest BCUT2D eigenvalue weighted by Gasteiger charge is -2.19. The van der Waals surface area contributed by atoms with E-state index in [1.807, 2.05) is 0 Å². The lowest BCUT2D eigenvalue weighted by Crippen LogP contribution is -2.26. The lowest BCUT2D eigenvalue weighted by molar-refractivity contribution is -0.144. The number of anilines is 1. The standard InChI is InChI=1S/C23H20FNO6S/c1-25(32(28,29)21-13-7-18(24)8-14-21)19-9-11-20(12-10-19)30-16-23(27)31-15-22(26)17-5-3-2-4-6-17/h2-14H,15-16H2,1H3. The third-order valence-corrected chi connectivity index (χ3v) is 6.29. The number of benzene rings is 3. The van der Waals surface area contributed by atoms with Gasteiger partial charge in [0.25, 0.3) is 10.0 Å². The highest BCUT2D eigenvalue weighted by Gasteiger charge is 2.21. The molecule has 0 aromatic heterocycles. The van der Waals surface area contributed by atoms with Crippen molar-refractivity contribution in [1.82, 2.24) is 0 Å². The number of halogens is 1. The van der Waals surface area contributed by atoms with Crippen molar-refractivity contribution in [1.29, 1.82) is 0 Å². The van der Waals surface area contributed by atoms with Crippen LogP contribution in [0.2, 0.25) is 0 Å². The summed E-state index contributed by atoms with van der Waals surface area (Å²) < 4.78 is 49.7. The van der Waals surface area contributed by atoms with Crippen molar-refractivity contribution < 1.29 is 31.9 Å². The van der Waals surface area contributed by atoms with E-state index >= 15 is 0 Å². The highest BCUT2D eigenvalue weighted by Crippen LogP contribution is 2.24. The number of ether oxygens (including phenoxy) is 2. The zero-order chi connectivity index (χ0) is 23.1. The first-order valence-corrected chi connectivity index (χ1v) is 10.9. The Kier molecular flexibility index (Phi) is 7.21. The molecule has 0 atom stereocenters. The second-order valence-corrected chi connectivity index (χ2v) is 8.63. The van der Waals surface area contributed by atoms with E-state index in [0.29, 0.717) is 17.0 Å². The molecule has 3 rings (SSSR count). The van der Waals surface area contributed by atoms with E-state index in [-0.39, 0.29) is 10.7 Å². The van der Waals surface area contributed by atoms with Crippen LogP contribution in [0, 0.1) is 5.82 Å². The number of ketones is 1. The maximum atomic E-state index is 13.1. The van der Waals surface area contributed by atoms with E-state index in [0.717, 1.165) is 16.4 Å². The molecular weight excluding hydrogens is 437 g/mol. The van der Waals surface area contributed by atoms with E-state index in [1.54, 1.807) is 30.3 Å². The van der Waals surface area contributed by atoms with Crippen molar-refractivity contribution >= 4 is 27.5 Å². The Labute approximate surface area is 185 Å². The van der Waals surface area contributed by atoms with Gasteiger partial charge in [0.1, 0.15) is 11.6 Å². The molecule has 0 saturated carbocycles. The summed E-state index contributed by atoms with van der Waals surface area (Å²) in [7, 11) is -2.50. The summed E-state index contributed by atoms with van der Waals surface area (Å²) in [5, 5.41) is 0. The Morgan fingerprint density at radius 3 is 2.12 bits per heavy atom. The van der Waals surface area contributed by atoms with Crippen molar-refractivity contribution in [3.63, 3.8) is 0 Å². The van der Waals surface area contributed by atoms with Gasteiger partial charge in [0.05, 0.1) is 10.6 Å². The number of hydrogen-bond donors (Lipinski definition) is 0. The second kappa shape index (κ2) is 10.1. The first-order chi connectivity index (χ1) is 15.3. The molecule has 166 valence electrons. The van der Waals surface area contributed by atoms with Crippen molar-refractivity contribution in [3.05, 3.63) is 90.2 Å². The summed E-state index contributed by atoms with van der Waals surface area (Å²) in [6.07, 6.45) is 0. The summed E-state index contributed by atoms with van der Waals surface area (Å²) in [5.74, 6) is -1.26. The first-order valence-electron chi connectivity index (χ1n) is 9.48. The number of nitrogens with zero attached hydrogens (tertiary/aromatic N) is 1. The quantitative estimate of drug-likeness (QED) is 0.361. The molecule has 3 aromatic carbocycles. The topological polar surface area (TPSA) is 90.0 Å². The van der Waals surface area contributed by atoms with Crippen molar-refractivity contribution in [2.75, 3.05) is 24.6 Å². The number of rotatable bonds is 9. The van der Waals surface area contributed by atoms with Gasteiger partial charge in [0, 0.05) is 12.6 Å². The second-order valence-electron chi connectivity index (χ2n) is 6.66. The Bertz CT molecular complexity index is 1180. The molecule has 9 heteroatoms. The maximum Gasteiger partial charge on any atom is 0.344 e. The van der Waals surface area contributed by atoms with Crippen molar-refractivity contribution in [2.45, 2.75) is 4.90 Å². The Morgan fingerprint density at radius 1 is 0.875 bits per heavy atom. The fourth-order valence-corrected chi connectivity index (χ4v) is 3.89. The predicted octanol–water partition coefficient (Wildman–Crippen LogP) is 3.46. The van der Waals surface area contributed by atoms with E-state index in [2.05, 4.69) is 0 Å². The van der Waals surface area contributed by atoms with Crippen LogP contribution in [0.1, 0.15) is 10.4 Å². The molecule has 0 aliphatic heterocycles. The van der Waals surface area contributed by atoms with Crippen LogP contribution in [0.5, 0.6) is 5.75 Å². The minimum Gasteiger partial charge on any atom is -0.482 e. The Balaban J connectivity index is 1.53. The predicted molar refractivity (Wildman–Crippen MR) is 116 cm³/mol. The molecule has 0 radical (unpaired) electrons. The van der Waals surface area contributed by atoms with Gasteiger partial charge in [0.15, 0.2) is 19.0 Å². The lowest BCUT2D eigenvalue weighted by atomic mass is 10.1. The van der Waals surface area contributed by atoms with Gasteiger partial charge in [-0.3, -0.25) is 9.10 Å². The number of hydrogen-bond acceptors (Lipinski definition) is 6. The molecule has 0 aliphatic rings. The molecule has 0 bridgehead atoms. The number of carbonyl (C=O) groups excluding carboxylic acids is 2. The third-order valence-electron chi connectivity index (χ3n) is 4.49. The largest absolute Gasteiger partial charge is 0.482 e. The Hall–Kier alpha value is -3.72. The minimum atomic E-state index is -3.87. The SMILES string of the molecule is CN(c1ccc(OCC(=O)OCC(=O)c2ccccc2)cc1)S(=O)(=O)c1ccc(F)cc1. The molecule has 7 nitrogen and oxygen atoms in total. The van der Waals surface area contributed by atoms with Gasteiger partial charge in [-0.05, 0) is 48.5 Å². The summed E-state index contributed by atoms with van der Waals surface area (Å²) in [6.45, 7) is -0.803. The molecule has 0 unspecified atom stereocenters. The van der Waals surface area contributed by atoms with Gasteiger partial charge in [-0.25, -0.2) is 17.6 Å².